The molecule has 1 aromatic carbocycles. The quantitative estimate of drug-likeness (QED) is 0.637. The van der Waals surface area contributed by atoms with Crippen molar-refractivity contribution in [3.8, 4) is 5.75 Å². The van der Waals surface area contributed by atoms with Crippen LogP contribution in [0.3, 0.4) is 0 Å². The van der Waals surface area contributed by atoms with Crippen molar-refractivity contribution in [1.29, 1.82) is 0 Å². The van der Waals surface area contributed by atoms with Gasteiger partial charge in [0.15, 0.2) is 17.0 Å². The summed E-state index contributed by atoms with van der Waals surface area (Å²) < 4.78 is 12.9. The molecule has 0 amide bonds. The number of hydrogen-bond acceptors (Lipinski definition) is 7. The Bertz CT molecular complexity index is 923. The monoisotopic (exact) mass is 383 g/mol. The van der Waals surface area contributed by atoms with Gasteiger partial charge in [-0.25, -0.2) is 15.0 Å². The number of rotatable bonds is 8. The molecule has 0 radical (unpaired) electrons. The molecular weight excluding hydrogens is 358 g/mol. The molecule has 1 saturated heterocycles. The lowest BCUT2D eigenvalue weighted by atomic mass is 10.2. The summed E-state index contributed by atoms with van der Waals surface area (Å²) in [6, 6.07) is 7.70. The summed E-state index contributed by atoms with van der Waals surface area (Å²) in [7, 11) is 1.64. The number of benzene rings is 1. The number of para-hydroxylation sites is 1. The molecule has 1 fully saturated rings. The smallest absolute Gasteiger partial charge is 0.165 e. The number of aliphatic hydroxyl groups is 1. The van der Waals surface area contributed by atoms with Gasteiger partial charge < -0.3 is 24.0 Å². The van der Waals surface area contributed by atoms with Crippen LogP contribution in [0.2, 0.25) is 0 Å². The van der Waals surface area contributed by atoms with Crippen molar-refractivity contribution in [3.63, 3.8) is 0 Å². The number of hydrogen-bond donors (Lipinski definition) is 1. The predicted molar refractivity (Wildman–Crippen MR) is 105 cm³/mol. The van der Waals surface area contributed by atoms with E-state index in [4.69, 9.17) is 9.47 Å². The third-order valence-corrected chi connectivity index (χ3v) is 4.96. The van der Waals surface area contributed by atoms with Gasteiger partial charge in [-0.3, -0.25) is 0 Å². The molecular formula is C20H25N5O3. The van der Waals surface area contributed by atoms with Crippen molar-refractivity contribution in [2.45, 2.75) is 32.1 Å². The Morgan fingerprint density at radius 2 is 1.96 bits per heavy atom. The molecule has 1 unspecified atom stereocenters. The number of anilines is 1. The zero-order valence-electron chi connectivity index (χ0n) is 16.0. The summed E-state index contributed by atoms with van der Waals surface area (Å²) in [5, 5.41) is 10.4. The first kappa shape index (κ1) is 18.6. The molecule has 28 heavy (non-hydrogen) atoms. The molecule has 148 valence electrons. The van der Waals surface area contributed by atoms with Crippen molar-refractivity contribution in [2.24, 2.45) is 0 Å². The van der Waals surface area contributed by atoms with E-state index >= 15 is 0 Å². The maximum Gasteiger partial charge on any atom is 0.165 e. The lowest BCUT2D eigenvalue weighted by Gasteiger charge is -2.16. The van der Waals surface area contributed by atoms with Gasteiger partial charge in [0.05, 0.1) is 39.3 Å². The molecule has 2 aromatic heterocycles. The van der Waals surface area contributed by atoms with Gasteiger partial charge in [0.25, 0.3) is 0 Å². The van der Waals surface area contributed by atoms with E-state index in [-0.39, 0.29) is 6.61 Å². The summed E-state index contributed by atoms with van der Waals surface area (Å²) in [5.41, 5.74) is 2.47. The number of aromatic nitrogens is 4. The van der Waals surface area contributed by atoms with Gasteiger partial charge in [0.2, 0.25) is 0 Å². The molecule has 0 spiro atoms. The minimum absolute atomic E-state index is 0.210. The Morgan fingerprint density at radius 1 is 1.14 bits per heavy atom. The molecule has 3 heterocycles. The molecule has 0 aliphatic carbocycles. The molecule has 0 bridgehead atoms. The van der Waals surface area contributed by atoms with E-state index in [0.717, 1.165) is 41.4 Å². The van der Waals surface area contributed by atoms with Gasteiger partial charge in [-0.1, -0.05) is 18.2 Å². The van der Waals surface area contributed by atoms with Crippen LogP contribution in [0.1, 0.15) is 18.4 Å². The Hall–Kier alpha value is -2.71. The molecule has 1 atom stereocenters. The van der Waals surface area contributed by atoms with E-state index in [1.54, 1.807) is 19.8 Å². The fraction of sp³-hybridized carbons (Fsp3) is 0.450. The fourth-order valence-corrected chi connectivity index (χ4v) is 3.57. The number of nitrogens with zero attached hydrogens (tertiary/aromatic N) is 5. The first-order valence-corrected chi connectivity index (χ1v) is 9.54. The molecule has 8 nitrogen and oxygen atoms in total. The van der Waals surface area contributed by atoms with Crippen LogP contribution < -0.4 is 9.64 Å². The number of imidazole rings is 1. The Morgan fingerprint density at radius 3 is 2.79 bits per heavy atom. The van der Waals surface area contributed by atoms with E-state index in [9.17, 15) is 5.11 Å². The number of fused-ring (bicyclic) bond motifs is 1. The van der Waals surface area contributed by atoms with E-state index in [2.05, 4.69) is 19.9 Å². The summed E-state index contributed by atoms with van der Waals surface area (Å²) in [5.74, 6) is 1.66. The topological polar surface area (TPSA) is 85.5 Å². The van der Waals surface area contributed by atoms with Gasteiger partial charge in [0.1, 0.15) is 12.1 Å². The largest absolute Gasteiger partial charge is 0.496 e. The van der Waals surface area contributed by atoms with Gasteiger partial charge in [-0.15, -0.1) is 0 Å². The average molecular weight is 383 g/mol. The Kier molecular flexibility index (Phi) is 5.68. The van der Waals surface area contributed by atoms with E-state index in [0.29, 0.717) is 13.2 Å². The van der Waals surface area contributed by atoms with E-state index in [1.165, 1.54) is 12.8 Å². The minimum Gasteiger partial charge on any atom is -0.496 e. The third kappa shape index (κ3) is 3.93. The first-order valence-electron chi connectivity index (χ1n) is 9.54. The van der Waals surface area contributed by atoms with Crippen LogP contribution in [-0.4, -0.2) is 57.5 Å². The molecule has 1 N–H and O–H groups in total. The number of methoxy groups -OCH3 is 1. The third-order valence-electron chi connectivity index (χ3n) is 4.96. The van der Waals surface area contributed by atoms with Crippen LogP contribution in [0.25, 0.3) is 11.2 Å². The summed E-state index contributed by atoms with van der Waals surface area (Å²) in [6.45, 7) is 2.95. The first-order chi connectivity index (χ1) is 13.8. The molecule has 1 aliphatic heterocycles. The lowest BCUT2D eigenvalue weighted by Crippen LogP contribution is -2.22. The van der Waals surface area contributed by atoms with E-state index in [1.807, 2.05) is 28.8 Å². The van der Waals surface area contributed by atoms with Crippen molar-refractivity contribution >= 4 is 17.0 Å². The summed E-state index contributed by atoms with van der Waals surface area (Å²) in [6.07, 6.45) is 4.96. The second-order valence-electron chi connectivity index (χ2n) is 6.94. The summed E-state index contributed by atoms with van der Waals surface area (Å²) in [4.78, 5) is 15.5. The zero-order valence-corrected chi connectivity index (χ0v) is 16.0. The van der Waals surface area contributed by atoms with Crippen LogP contribution in [-0.2, 0) is 17.9 Å². The highest BCUT2D eigenvalue weighted by atomic mass is 16.5. The Balaban J connectivity index is 1.38. The standard InChI is InChI=1S/C20H25N5O3/c1-27-17-7-3-2-6-15(17)11-28-12-16(26)10-25-14-23-18-19(21-13-22-20(18)25)24-8-4-5-9-24/h2-3,6-7,13-14,16,26H,4-5,8-12H2,1H3. The van der Waals surface area contributed by atoms with Crippen LogP contribution >= 0.6 is 0 Å². The molecule has 1 aliphatic rings. The predicted octanol–water partition coefficient (Wildman–Crippen LogP) is 2.01. The summed E-state index contributed by atoms with van der Waals surface area (Å²) >= 11 is 0. The highest BCUT2D eigenvalue weighted by Gasteiger charge is 2.20. The fourth-order valence-electron chi connectivity index (χ4n) is 3.57. The number of ether oxygens (including phenoxy) is 2. The maximum atomic E-state index is 10.4. The van der Waals surface area contributed by atoms with Gasteiger partial charge in [0, 0.05) is 18.7 Å². The zero-order chi connectivity index (χ0) is 19.3. The molecule has 0 saturated carbocycles. The van der Waals surface area contributed by atoms with Crippen molar-refractivity contribution in [2.75, 3.05) is 31.7 Å². The normalized spacial score (nSPS) is 15.3. The van der Waals surface area contributed by atoms with Gasteiger partial charge in [-0.05, 0) is 18.9 Å². The molecule has 3 aromatic rings. The van der Waals surface area contributed by atoms with Gasteiger partial charge in [-0.2, -0.15) is 0 Å². The van der Waals surface area contributed by atoms with Crippen LogP contribution in [0.4, 0.5) is 5.82 Å². The van der Waals surface area contributed by atoms with Crippen molar-refractivity contribution in [1.82, 2.24) is 19.5 Å². The lowest BCUT2D eigenvalue weighted by molar-refractivity contribution is 0.0202. The highest BCUT2D eigenvalue weighted by Crippen LogP contribution is 2.25. The Labute approximate surface area is 163 Å². The van der Waals surface area contributed by atoms with Crippen molar-refractivity contribution < 1.29 is 14.6 Å². The molecule has 4 rings (SSSR count). The average Bonchev–Trinajstić information content (AvgIpc) is 3.39. The second kappa shape index (κ2) is 8.53. The molecule has 8 heteroatoms. The SMILES string of the molecule is COc1ccccc1COCC(O)Cn1cnc2c(N3CCCC3)ncnc21. The minimum atomic E-state index is -0.669. The highest BCUT2D eigenvalue weighted by molar-refractivity contribution is 5.83. The van der Waals surface area contributed by atoms with Crippen LogP contribution in [0, 0.1) is 0 Å². The number of aliphatic hydroxyl groups excluding tert-OH is 1. The van der Waals surface area contributed by atoms with Crippen LogP contribution in [0.5, 0.6) is 5.75 Å². The maximum absolute atomic E-state index is 10.4. The van der Waals surface area contributed by atoms with Gasteiger partial charge >= 0.3 is 0 Å². The second-order valence-corrected chi connectivity index (χ2v) is 6.94. The van der Waals surface area contributed by atoms with Crippen molar-refractivity contribution in [3.05, 3.63) is 42.5 Å². The van der Waals surface area contributed by atoms with E-state index < -0.39 is 6.10 Å². The van der Waals surface area contributed by atoms with Crippen LogP contribution in [0.15, 0.2) is 36.9 Å².